The van der Waals surface area contributed by atoms with Gasteiger partial charge in [0.2, 0.25) is 0 Å². The summed E-state index contributed by atoms with van der Waals surface area (Å²) in [5.41, 5.74) is 5.33. The number of nitrogens with two attached hydrogens (primary N) is 1. The highest BCUT2D eigenvalue weighted by Gasteiger charge is 2.11. The Labute approximate surface area is 94.4 Å². The second-order valence-electron chi connectivity index (χ2n) is 2.19. The number of halogens is 2. The summed E-state index contributed by atoms with van der Waals surface area (Å²) in [6.07, 6.45) is 0. The third-order valence-corrected chi connectivity index (χ3v) is 4.54. The van der Waals surface area contributed by atoms with E-state index in [1.54, 1.807) is 0 Å². The van der Waals surface area contributed by atoms with Crippen molar-refractivity contribution in [1.82, 2.24) is 10.1 Å². The van der Waals surface area contributed by atoms with Gasteiger partial charge in [0.1, 0.15) is 0 Å². The minimum atomic E-state index is 0.149. The highest BCUT2D eigenvalue weighted by Crippen LogP contribution is 2.37. The van der Waals surface area contributed by atoms with Crippen LogP contribution in [0.2, 0.25) is 0 Å². The molecule has 0 unspecified atom stereocenters. The Bertz CT molecular complexity index is 419. The van der Waals surface area contributed by atoms with Crippen molar-refractivity contribution in [3.63, 3.8) is 0 Å². The first-order valence-corrected chi connectivity index (χ1v) is 5.61. The molecule has 0 aliphatic rings. The topological polar surface area (TPSA) is 64.9 Å². The van der Waals surface area contributed by atoms with Gasteiger partial charge < -0.3 is 10.3 Å². The molecular weight excluding hydrogens is 322 g/mol. The van der Waals surface area contributed by atoms with E-state index in [9.17, 15) is 0 Å². The maximum absolute atomic E-state index is 5.33. The first-order valence-electron chi connectivity index (χ1n) is 3.21. The number of nitrogen functional groups attached to an aromatic ring is 1. The van der Waals surface area contributed by atoms with E-state index >= 15 is 0 Å². The predicted molar refractivity (Wildman–Crippen MR) is 57.4 cm³/mol. The van der Waals surface area contributed by atoms with Gasteiger partial charge in [0.15, 0.2) is 0 Å². The molecule has 0 aromatic carbocycles. The standard InChI is InChI=1S/C6H3Br2N3OS/c7-2-1-3(13-4(2)8)5-10-6(9)11-12-5/h1H,(H2,9,11). The molecule has 0 aliphatic heterocycles. The van der Waals surface area contributed by atoms with Crippen LogP contribution in [0, 0.1) is 0 Å². The third-order valence-electron chi connectivity index (χ3n) is 1.30. The molecule has 2 N–H and O–H groups in total. The van der Waals surface area contributed by atoms with E-state index < -0.39 is 0 Å². The summed E-state index contributed by atoms with van der Waals surface area (Å²) in [5, 5.41) is 3.50. The number of hydrogen-bond donors (Lipinski definition) is 1. The van der Waals surface area contributed by atoms with Gasteiger partial charge in [0.05, 0.1) is 8.66 Å². The summed E-state index contributed by atoms with van der Waals surface area (Å²) in [4.78, 5) is 4.78. The molecule has 0 amide bonds. The predicted octanol–water partition coefficient (Wildman–Crippen LogP) is 2.91. The molecule has 7 heteroatoms. The van der Waals surface area contributed by atoms with Gasteiger partial charge in [0, 0.05) is 4.47 Å². The molecule has 0 saturated carbocycles. The average Bonchev–Trinajstić information content (AvgIpc) is 2.61. The quantitative estimate of drug-likeness (QED) is 0.876. The SMILES string of the molecule is Nc1noc(-c2cc(Br)c(Br)s2)n1. The molecule has 0 saturated heterocycles. The summed E-state index contributed by atoms with van der Waals surface area (Å²) in [6, 6.07) is 1.89. The van der Waals surface area contributed by atoms with Gasteiger partial charge in [-0.2, -0.15) is 4.98 Å². The molecular formula is C6H3Br2N3OS. The molecule has 2 heterocycles. The van der Waals surface area contributed by atoms with Crippen molar-refractivity contribution < 1.29 is 4.52 Å². The third kappa shape index (κ3) is 1.77. The second kappa shape index (κ2) is 3.39. The van der Waals surface area contributed by atoms with Gasteiger partial charge in [-0.25, -0.2) is 0 Å². The first kappa shape index (κ1) is 9.17. The zero-order chi connectivity index (χ0) is 9.42. The molecule has 0 atom stereocenters. The van der Waals surface area contributed by atoms with Gasteiger partial charge in [-0.3, -0.25) is 0 Å². The Kier molecular flexibility index (Phi) is 2.39. The van der Waals surface area contributed by atoms with E-state index in [0.29, 0.717) is 5.89 Å². The molecule has 0 fully saturated rings. The summed E-state index contributed by atoms with van der Waals surface area (Å²) in [6.45, 7) is 0. The molecule has 2 aromatic rings. The average molecular weight is 325 g/mol. The van der Waals surface area contributed by atoms with E-state index in [2.05, 4.69) is 42.0 Å². The smallest absolute Gasteiger partial charge is 0.269 e. The van der Waals surface area contributed by atoms with E-state index in [0.717, 1.165) is 13.1 Å². The maximum Gasteiger partial charge on any atom is 0.269 e. The van der Waals surface area contributed by atoms with Gasteiger partial charge >= 0.3 is 0 Å². The Morgan fingerprint density at radius 3 is 2.69 bits per heavy atom. The van der Waals surface area contributed by atoms with Crippen molar-refractivity contribution in [2.75, 3.05) is 5.73 Å². The monoisotopic (exact) mass is 323 g/mol. The summed E-state index contributed by atoms with van der Waals surface area (Å²) < 4.78 is 6.85. The van der Waals surface area contributed by atoms with Crippen LogP contribution in [0.5, 0.6) is 0 Å². The molecule has 13 heavy (non-hydrogen) atoms. The Hall–Kier alpha value is -0.400. The molecule has 0 radical (unpaired) electrons. The Morgan fingerprint density at radius 1 is 1.46 bits per heavy atom. The van der Waals surface area contributed by atoms with Crippen LogP contribution in [0.4, 0.5) is 5.95 Å². The fourth-order valence-corrected chi connectivity index (χ4v) is 2.74. The van der Waals surface area contributed by atoms with Crippen LogP contribution in [0.25, 0.3) is 10.8 Å². The normalized spacial score (nSPS) is 10.6. The lowest BCUT2D eigenvalue weighted by Gasteiger charge is -1.81. The van der Waals surface area contributed by atoms with Crippen molar-refractivity contribution in [1.29, 1.82) is 0 Å². The second-order valence-corrected chi connectivity index (χ2v) is 5.41. The lowest BCUT2D eigenvalue weighted by Crippen LogP contribution is -1.84. The van der Waals surface area contributed by atoms with Crippen molar-refractivity contribution in [2.24, 2.45) is 0 Å². The molecule has 0 spiro atoms. The first-order chi connectivity index (χ1) is 6.16. The van der Waals surface area contributed by atoms with Crippen LogP contribution in [-0.4, -0.2) is 10.1 Å². The van der Waals surface area contributed by atoms with Crippen LogP contribution in [0.15, 0.2) is 18.8 Å². The Balaban J connectivity index is 2.46. The van der Waals surface area contributed by atoms with E-state index in [-0.39, 0.29) is 5.95 Å². The molecule has 0 aliphatic carbocycles. The summed E-state index contributed by atoms with van der Waals surface area (Å²) in [5.74, 6) is 0.588. The number of thiophene rings is 1. The minimum Gasteiger partial charge on any atom is -0.365 e. The van der Waals surface area contributed by atoms with Crippen molar-refractivity contribution in [2.45, 2.75) is 0 Å². The van der Waals surface area contributed by atoms with E-state index in [1.165, 1.54) is 11.3 Å². The van der Waals surface area contributed by atoms with Gasteiger partial charge in [-0.05, 0) is 43.1 Å². The lowest BCUT2D eigenvalue weighted by atomic mass is 10.5. The number of rotatable bonds is 1. The fraction of sp³-hybridized carbons (Fsp3) is 0. The highest BCUT2D eigenvalue weighted by molar-refractivity contribution is 9.13. The molecule has 68 valence electrons. The van der Waals surface area contributed by atoms with Crippen LogP contribution in [0.1, 0.15) is 0 Å². The molecule has 4 nitrogen and oxygen atoms in total. The van der Waals surface area contributed by atoms with Gasteiger partial charge in [-0.1, -0.05) is 0 Å². The van der Waals surface area contributed by atoms with Crippen molar-refractivity contribution in [3.8, 4) is 10.8 Å². The Morgan fingerprint density at radius 2 is 2.23 bits per heavy atom. The fourth-order valence-electron chi connectivity index (χ4n) is 0.787. The molecule has 2 aromatic heterocycles. The number of anilines is 1. The maximum atomic E-state index is 5.33. The van der Waals surface area contributed by atoms with Crippen molar-refractivity contribution >= 4 is 49.1 Å². The zero-order valence-electron chi connectivity index (χ0n) is 6.12. The molecule has 2 rings (SSSR count). The summed E-state index contributed by atoms with van der Waals surface area (Å²) in [7, 11) is 0. The van der Waals surface area contributed by atoms with Crippen LogP contribution in [-0.2, 0) is 0 Å². The molecule has 0 bridgehead atoms. The van der Waals surface area contributed by atoms with E-state index in [1.807, 2.05) is 6.07 Å². The van der Waals surface area contributed by atoms with Crippen LogP contribution < -0.4 is 5.73 Å². The summed E-state index contributed by atoms with van der Waals surface area (Å²) >= 11 is 8.23. The number of aromatic nitrogens is 2. The van der Waals surface area contributed by atoms with Gasteiger partial charge in [0.25, 0.3) is 11.8 Å². The number of nitrogens with zero attached hydrogens (tertiary/aromatic N) is 2. The highest BCUT2D eigenvalue weighted by atomic mass is 79.9. The van der Waals surface area contributed by atoms with Crippen molar-refractivity contribution in [3.05, 3.63) is 14.3 Å². The van der Waals surface area contributed by atoms with E-state index in [4.69, 9.17) is 10.3 Å². The largest absolute Gasteiger partial charge is 0.365 e. The van der Waals surface area contributed by atoms with Crippen LogP contribution in [0.3, 0.4) is 0 Å². The van der Waals surface area contributed by atoms with Crippen LogP contribution >= 0.6 is 43.2 Å². The number of hydrogen-bond acceptors (Lipinski definition) is 5. The minimum absolute atomic E-state index is 0.149. The van der Waals surface area contributed by atoms with Gasteiger partial charge in [-0.15, -0.1) is 11.3 Å². The lowest BCUT2D eigenvalue weighted by molar-refractivity contribution is 0.434. The zero-order valence-corrected chi connectivity index (χ0v) is 10.1.